The van der Waals surface area contributed by atoms with Crippen molar-refractivity contribution < 1.29 is 13.2 Å². The van der Waals surface area contributed by atoms with E-state index in [9.17, 15) is 13.2 Å². The van der Waals surface area contributed by atoms with E-state index in [4.69, 9.17) is 0 Å². The zero-order chi connectivity index (χ0) is 20.2. The van der Waals surface area contributed by atoms with Gasteiger partial charge in [0.2, 0.25) is 10.0 Å². The van der Waals surface area contributed by atoms with Crippen molar-refractivity contribution in [2.24, 2.45) is 11.8 Å². The lowest BCUT2D eigenvalue weighted by Crippen LogP contribution is -2.40. The fourth-order valence-electron chi connectivity index (χ4n) is 3.96. The van der Waals surface area contributed by atoms with E-state index in [1.165, 1.54) is 17.8 Å². The standard InChI is InChI=1S/C20H33N3O3S/c1-15-12-16(2)14-23(13-15)11-7-10-21-20(24)18-8-6-9-19(17(18)3)22(4)27(5,25)26/h6,8-9,15-16H,7,10-14H2,1-5H3,(H,21,24). The Morgan fingerprint density at radius 2 is 1.89 bits per heavy atom. The fraction of sp³-hybridized carbons (Fsp3) is 0.650. The van der Waals surface area contributed by atoms with Crippen LogP contribution >= 0.6 is 0 Å². The molecular formula is C20H33N3O3S. The molecule has 2 atom stereocenters. The van der Waals surface area contributed by atoms with Crippen LogP contribution in [0.1, 0.15) is 42.6 Å². The second-order valence-corrected chi connectivity index (χ2v) is 10.0. The lowest BCUT2D eigenvalue weighted by atomic mass is 9.92. The molecule has 1 aliphatic rings. The molecule has 6 nitrogen and oxygen atoms in total. The van der Waals surface area contributed by atoms with Gasteiger partial charge in [0.1, 0.15) is 0 Å². The summed E-state index contributed by atoms with van der Waals surface area (Å²) < 4.78 is 24.8. The lowest BCUT2D eigenvalue weighted by molar-refractivity contribution is 0.0946. The number of rotatable bonds is 7. The zero-order valence-electron chi connectivity index (χ0n) is 17.2. The minimum atomic E-state index is -3.37. The molecule has 1 N–H and O–H groups in total. The van der Waals surface area contributed by atoms with Crippen LogP contribution in [0.5, 0.6) is 0 Å². The third-order valence-corrected chi connectivity index (χ3v) is 6.46. The first-order valence-electron chi connectivity index (χ1n) is 9.63. The summed E-state index contributed by atoms with van der Waals surface area (Å²) in [7, 11) is -1.87. The summed E-state index contributed by atoms with van der Waals surface area (Å²) >= 11 is 0. The number of nitrogens with one attached hydrogen (secondary N) is 1. The van der Waals surface area contributed by atoms with Gasteiger partial charge in [-0.25, -0.2) is 8.42 Å². The molecular weight excluding hydrogens is 362 g/mol. The van der Waals surface area contributed by atoms with E-state index in [-0.39, 0.29) is 5.91 Å². The predicted octanol–water partition coefficient (Wildman–Crippen LogP) is 2.49. The Kier molecular flexibility index (Phi) is 7.28. The molecule has 2 unspecified atom stereocenters. The molecule has 1 fully saturated rings. The minimum Gasteiger partial charge on any atom is -0.352 e. The van der Waals surface area contributed by atoms with E-state index < -0.39 is 10.0 Å². The highest BCUT2D eigenvalue weighted by atomic mass is 32.2. The minimum absolute atomic E-state index is 0.156. The van der Waals surface area contributed by atoms with Crippen molar-refractivity contribution >= 4 is 21.6 Å². The Morgan fingerprint density at radius 1 is 1.26 bits per heavy atom. The van der Waals surface area contributed by atoms with Gasteiger partial charge in [-0.1, -0.05) is 19.9 Å². The summed E-state index contributed by atoms with van der Waals surface area (Å²) in [5.41, 5.74) is 1.71. The highest BCUT2D eigenvalue weighted by Gasteiger charge is 2.21. The molecule has 1 aromatic carbocycles. The van der Waals surface area contributed by atoms with Gasteiger partial charge in [0, 0.05) is 32.2 Å². The largest absolute Gasteiger partial charge is 0.352 e. The van der Waals surface area contributed by atoms with Crippen LogP contribution in [0.2, 0.25) is 0 Å². The molecule has 1 saturated heterocycles. The number of sulfonamides is 1. The summed E-state index contributed by atoms with van der Waals surface area (Å²) in [6.45, 7) is 10.3. The molecule has 2 rings (SSSR count). The molecule has 27 heavy (non-hydrogen) atoms. The van der Waals surface area contributed by atoms with Crippen LogP contribution in [0.4, 0.5) is 5.69 Å². The first-order chi connectivity index (χ1) is 12.6. The fourth-order valence-corrected chi connectivity index (χ4v) is 4.52. The summed E-state index contributed by atoms with van der Waals surface area (Å²) in [6.07, 6.45) is 3.36. The number of carbonyl (C=O) groups excluding carboxylic acids is 1. The molecule has 152 valence electrons. The number of anilines is 1. The molecule has 7 heteroatoms. The molecule has 1 amide bonds. The number of hydrogen-bond donors (Lipinski definition) is 1. The van der Waals surface area contributed by atoms with Gasteiger partial charge in [0.15, 0.2) is 0 Å². The number of benzene rings is 1. The van der Waals surface area contributed by atoms with E-state index in [1.807, 2.05) is 0 Å². The number of amides is 1. The van der Waals surface area contributed by atoms with Gasteiger partial charge in [0.25, 0.3) is 5.91 Å². The Morgan fingerprint density at radius 3 is 2.48 bits per heavy atom. The average Bonchev–Trinajstić information content (AvgIpc) is 2.56. The molecule has 1 aromatic rings. The van der Waals surface area contributed by atoms with E-state index in [1.54, 1.807) is 25.1 Å². The Labute approximate surface area is 164 Å². The van der Waals surface area contributed by atoms with Crippen molar-refractivity contribution in [2.45, 2.75) is 33.6 Å². The smallest absolute Gasteiger partial charge is 0.251 e. The number of piperidine rings is 1. The van der Waals surface area contributed by atoms with E-state index in [2.05, 4.69) is 24.1 Å². The molecule has 0 aliphatic carbocycles. The molecule has 1 aliphatic heterocycles. The second-order valence-electron chi connectivity index (χ2n) is 8.00. The highest BCUT2D eigenvalue weighted by molar-refractivity contribution is 7.92. The van der Waals surface area contributed by atoms with Crippen molar-refractivity contribution in [3.63, 3.8) is 0 Å². The number of hydrogen-bond acceptors (Lipinski definition) is 4. The van der Waals surface area contributed by atoms with Gasteiger partial charge in [-0.3, -0.25) is 9.10 Å². The average molecular weight is 396 g/mol. The van der Waals surface area contributed by atoms with Crippen LogP contribution in [0, 0.1) is 18.8 Å². The predicted molar refractivity (Wildman–Crippen MR) is 111 cm³/mol. The van der Waals surface area contributed by atoms with Crippen LogP contribution in [0.15, 0.2) is 18.2 Å². The Hall–Kier alpha value is -1.60. The van der Waals surface area contributed by atoms with Crippen molar-refractivity contribution in [2.75, 3.05) is 43.8 Å². The highest BCUT2D eigenvalue weighted by Crippen LogP contribution is 2.24. The van der Waals surface area contributed by atoms with E-state index in [0.717, 1.165) is 44.1 Å². The van der Waals surface area contributed by atoms with Gasteiger partial charge in [-0.05, 0) is 55.8 Å². The normalized spacial score (nSPS) is 21.1. The van der Waals surface area contributed by atoms with Crippen molar-refractivity contribution in [3.05, 3.63) is 29.3 Å². The van der Waals surface area contributed by atoms with E-state index >= 15 is 0 Å². The maximum atomic E-state index is 12.6. The first-order valence-corrected chi connectivity index (χ1v) is 11.5. The SMILES string of the molecule is Cc1c(C(=O)NCCCN2CC(C)CC(C)C2)cccc1N(C)S(C)(=O)=O. The summed E-state index contributed by atoms with van der Waals surface area (Å²) in [5.74, 6) is 1.32. The van der Waals surface area contributed by atoms with E-state index in [0.29, 0.717) is 23.4 Å². The number of likely N-dealkylation sites (tertiary alicyclic amines) is 1. The Bertz CT molecular complexity index is 754. The number of nitrogens with zero attached hydrogens (tertiary/aromatic N) is 2. The summed E-state index contributed by atoms with van der Waals surface area (Å²) in [5, 5.41) is 2.97. The quantitative estimate of drug-likeness (QED) is 0.720. The maximum absolute atomic E-state index is 12.6. The van der Waals surface area contributed by atoms with Crippen LogP contribution in [0.25, 0.3) is 0 Å². The van der Waals surface area contributed by atoms with Gasteiger partial charge < -0.3 is 10.2 Å². The van der Waals surface area contributed by atoms with Crippen molar-refractivity contribution in [1.82, 2.24) is 10.2 Å². The summed E-state index contributed by atoms with van der Waals surface area (Å²) in [6, 6.07) is 5.17. The van der Waals surface area contributed by atoms with Crippen LogP contribution < -0.4 is 9.62 Å². The van der Waals surface area contributed by atoms with Gasteiger partial charge in [0.05, 0.1) is 11.9 Å². The molecule has 1 heterocycles. The first kappa shape index (κ1) is 21.7. The molecule has 0 bridgehead atoms. The van der Waals surface area contributed by atoms with Crippen LogP contribution in [-0.4, -0.2) is 58.7 Å². The van der Waals surface area contributed by atoms with Gasteiger partial charge >= 0.3 is 0 Å². The third kappa shape index (κ3) is 5.94. The van der Waals surface area contributed by atoms with Crippen LogP contribution in [0.3, 0.4) is 0 Å². The topological polar surface area (TPSA) is 69.7 Å². The lowest BCUT2D eigenvalue weighted by Gasteiger charge is -2.34. The molecule has 0 spiro atoms. The maximum Gasteiger partial charge on any atom is 0.251 e. The Balaban J connectivity index is 1.91. The van der Waals surface area contributed by atoms with Crippen molar-refractivity contribution in [3.8, 4) is 0 Å². The van der Waals surface area contributed by atoms with Crippen LogP contribution in [-0.2, 0) is 10.0 Å². The van der Waals surface area contributed by atoms with Crippen molar-refractivity contribution in [1.29, 1.82) is 0 Å². The molecule has 0 radical (unpaired) electrons. The van der Waals surface area contributed by atoms with Gasteiger partial charge in [-0.15, -0.1) is 0 Å². The summed E-state index contributed by atoms with van der Waals surface area (Å²) in [4.78, 5) is 15.0. The second kappa shape index (κ2) is 9.06. The number of carbonyl (C=O) groups is 1. The zero-order valence-corrected chi connectivity index (χ0v) is 18.0. The molecule has 0 aromatic heterocycles. The third-order valence-electron chi connectivity index (χ3n) is 5.27. The monoisotopic (exact) mass is 395 g/mol. The van der Waals surface area contributed by atoms with Gasteiger partial charge in [-0.2, -0.15) is 0 Å². The molecule has 0 saturated carbocycles.